The van der Waals surface area contributed by atoms with Gasteiger partial charge < -0.3 is 10.6 Å². The molecule has 1 heterocycles. The van der Waals surface area contributed by atoms with E-state index in [0.717, 1.165) is 0 Å². The summed E-state index contributed by atoms with van der Waals surface area (Å²) in [6.07, 6.45) is 6.93. The first-order valence-corrected chi connectivity index (χ1v) is 6.66. The Labute approximate surface area is 94.2 Å². The van der Waals surface area contributed by atoms with Crippen LogP contribution < -0.4 is 10.6 Å². The van der Waals surface area contributed by atoms with Crippen molar-refractivity contribution in [3.63, 3.8) is 0 Å². The Morgan fingerprint density at radius 3 is 2.13 bits per heavy atom. The molecule has 88 valence electrons. The Morgan fingerprint density at radius 1 is 1.00 bits per heavy atom. The fourth-order valence-electron chi connectivity index (χ4n) is 2.80. The summed E-state index contributed by atoms with van der Waals surface area (Å²) in [6.45, 7) is 9.58. The quantitative estimate of drug-likeness (QED) is 0.702. The van der Waals surface area contributed by atoms with E-state index in [2.05, 4.69) is 24.5 Å². The lowest BCUT2D eigenvalue weighted by atomic mass is 9.84. The van der Waals surface area contributed by atoms with Gasteiger partial charge in [-0.1, -0.05) is 13.8 Å². The summed E-state index contributed by atoms with van der Waals surface area (Å²) < 4.78 is 0. The molecule has 2 rings (SSSR count). The Hall–Kier alpha value is -0.0800. The van der Waals surface area contributed by atoms with E-state index < -0.39 is 0 Å². The van der Waals surface area contributed by atoms with Crippen molar-refractivity contribution in [1.82, 2.24) is 10.6 Å². The first-order chi connectivity index (χ1) is 7.24. The lowest BCUT2D eigenvalue weighted by Crippen LogP contribution is -2.38. The molecule has 0 radical (unpaired) electrons. The molecule has 0 amide bonds. The van der Waals surface area contributed by atoms with Crippen molar-refractivity contribution < 1.29 is 0 Å². The second-order valence-electron chi connectivity index (χ2n) is 5.74. The molecule has 1 unspecified atom stereocenters. The van der Waals surface area contributed by atoms with Crippen molar-refractivity contribution in [3.05, 3.63) is 0 Å². The van der Waals surface area contributed by atoms with Gasteiger partial charge in [0.25, 0.3) is 0 Å². The first kappa shape index (κ1) is 11.4. The van der Waals surface area contributed by atoms with Gasteiger partial charge in [0.15, 0.2) is 0 Å². The van der Waals surface area contributed by atoms with Gasteiger partial charge in [-0.25, -0.2) is 0 Å². The summed E-state index contributed by atoms with van der Waals surface area (Å²) in [6, 6.07) is 0. The molecular formula is C13H26N2. The largest absolute Gasteiger partial charge is 0.316 e. The summed E-state index contributed by atoms with van der Waals surface area (Å²) in [4.78, 5) is 0. The molecule has 1 aliphatic heterocycles. The minimum Gasteiger partial charge on any atom is -0.316 e. The number of rotatable bonds is 6. The maximum absolute atomic E-state index is 3.73. The Kier molecular flexibility index (Phi) is 3.36. The van der Waals surface area contributed by atoms with E-state index in [-0.39, 0.29) is 0 Å². The Bertz CT molecular complexity index is 203. The van der Waals surface area contributed by atoms with Crippen LogP contribution in [0.2, 0.25) is 0 Å². The van der Waals surface area contributed by atoms with E-state index in [9.17, 15) is 0 Å². The molecule has 15 heavy (non-hydrogen) atoms. The zero-order valence-electron chi connectivity index (χ0n) is 10.4. The molecule has 2 heteroatoms. The van der Waals surface area contributed by atoms with Crippen LogP contribution in [-0.2, 0) is 0 Å². The van der Waals surface area contributed by atoms with E-state index >= 15 is 0 Å². The molecule has 2 aliphatic rings. The Balaban J connectivity index is 1.72. The molecule has 0 aromatic rings. The van der Waals surface area contributed by atoms with Crippen LogP contribution in [0.25, 0.3) is 0 Å². The Morgan fingerprint density at radius 2 is 1.67 bits per heavy atom. The predicted octanol–water partition coefficient (Wildman–Crippen LogP) is 2.16. The molecule has 2 nitrogen and oxygen atoms in total. The van der Waals surface area contributed by atoms with Crippen LogP contribution in [0.3, 0.4) is 0 Å². The number of hydrogen-bond acceptors (Lipinski definition) is 2. The zero-order valence-corrected chi connectivity index (χ0v) is 10.4. The van der Waals surface area contributed by atoms with Gasteiger partial charge in [-0.3, -0.25) is 0 Å². The van der Waals surface area contributed by atoms with E-state index in [1.54, 1.807) is 0 Å². The minimum atomic E-state index is 0.559. The summed E-state index contributed by atoms with van der Waals surface area (Å²) in [7, 11) is 0. The number of hydrogen-bond donors (Lipinski definition) is 2. The highest BCUT2D eigenvalue weighted by Gasteiger charge is 2.41. The molecule has 0 aromatic heterocycles. The highest BCUT2D eigenvalue weighted by Crippen LogP contribution is 2.48. The molecule has 0 spiro atoms. The summed E-state index contributed by atoms with van der Waals surface area (Å²) in [5.41, 5.74) is 1.25. The fourth-order valence-corrected chi connectivity index (χ4v) is 2.80. The van der Waals surface area contributed by atoms with Gasteiger partial charge in [-0.15, -0.1) is 0 Å². The average molecular weight is 210 g/mol. The molecule has 1 saturated heterocycles. The van der Waals surface area contributed by atoms with Crippen molar-refractivity contribution in [3.8, 4) is 0 Å². The van der Waals surface area contributed by atoms with Gasteiger partial charge in [0.1, 0.15) is 0 Å². The molecule has 0 aromatic carbocycles. The van der Waals surface area contributed by atoms with Gasteiger partial charge in [0, 0.05) is 19.6 Å². The smallest absolute Gasteiger partial charge is 0.00206 e. The second kappa shape index (κ2) is 4.42. The lowest BCUT2D eigenvalue weighted by molar-refractivity contribution is 0.278. The molecule has 2 N–H and O–H groups in total. The van der Waals surface area contributed by atoms with Gasteiger partial charge in [-0.05, 0) is 49.5 Å². The van der Waals surface area contributed by atoms with Crippen molar-refractivity contribution in [2.24, 2.45) is 10.8 Å². The first-order valence-electron chi connectivity index (χ1n) is 6.66. The number of nitrogens with one attached hydrogen (secondary N) is 2. The monoisotopic (exact) mass is 210 g/mol. The average Bonchev–Trinajstić information content (AvgIpc) is 2.89. The standard InChI is InChI=1S/C13H26N2/c1-3-12(5-6-12)9-15-11-13(4-2)7-8-14-10-13/h14-15H,3-11H2,1-2H3. The van der Waals surface area contributed by atoms with E-state index in [0.29, 0.717) is 10.8 Å². The van der Waals surface area contributed by atoms with E-state index in [1.807, 2.05) is 0 Å². The third kappa shape index (κ3) is 2.54. The predicted molar refractivity (Wildman–Crippen MR) is 65.0 cm³/mol. The zero-order chi connectivity index (χ0) is 10.8. The summed E-state index contributed by atoms with van der Waals surface area (Å²) in [5, 5.41) is 7.23. The lowest BCUT2D eigenvalue weighted by Gasteiger charge is -2.28. The van der Waals surface area contributed by atoms with Crippen LogP contribution in [0, 0.1) is 10.8 Å². The van der Waals surface area contributed by atoms with Gasteiger partial charge >= 0.3 is 0 Å². The molecule has 1 atom stereocenters. The van der Waals surface area contributed by atoms with E-state index in [1.165, 1.54) is 58.3 Å². The van der Waals surface area contributed by atoms with Gasteiger partial charge in [0.05, 0.1) is 0 Å². The molecule has 0 bridgehead atoms. The van der Waals surface area contributed by atoms with Crippen LogP contribution in [0.4, 0.5) is 0 Å². The van der Waals surface area contributed by atoms with Crippen molar-refractivity contribution in [2.45, 2.75) is 46.0 Å². The van der Waals surface area contributed by atoms with Crippen LogP contribution >= 0.6 is 0 Å². The van der Waals surface area contributed by atoms with Crippen molar-refractivity contribution in [2.75, 3.05) is 26.2 Å². The minimum absolute atomic E-state index is 0.559. The summed E-state index contributed by atoms with van der Waals surface area (Å²) >= 11 is 0. The SMILES string of the molecule is CCC1(CNCC2(CC)CCNC2)CC1. The van der Waals surface area contributed by atoms with Crippen LogP contribution in [0.5, 0.6) is 0 Å². The van der Waals surface area contributed by atoms with Crippen molar-refractivity contribution in [1.29, 1.82) is 0 Å². The highest BCUT2D eigenvalue weighted by atomic mass is 15.0. The third-order valence-corrected chi connectivity index (χ3v) is 4.79. The van der Waals surface area contributed by atoms with E-state index in [4.69, 9.17) is 0 Å². The molecule has 2 fully saturated rings. The molecule has 1 aliphatic carbocycles. The van der Waals surface area contributed by atoms with Crippen LogP contribution in [0.1, 0.15) is 46.0 Å². The third-order valence-electron chi connectivity index (χ3n) is 4.79. The van der Waals surface area contributed by atoms with Crippen molar-refractivity contribution >= 4 is 0 Å². The fraction of sp³-hybridized carbons (Fsp3) is 1.00. The molecular weight excluding hydrogens is 184 g/mol. The van der Waals surface area contributed by atoms with Crippen LogP contribution in [-0.4, -0.2) is 26.2 Å². The highest BCUT2D eigenvalue weighted by molar-refractivity contribution is 4.95. The van der Waals surface area contributed by atoms with Gasteiger partial charge in [0.2, 0.25) is 0 Å². The maximum Gasteiger partial charge on any atom is 0.00206 e. The maximum atomic E-state index is 3.73. The topological polar surface area (TPSA) is 24.1 Å². The van der Waals surface area contributed by atoms with Crippen LogP contribution in [0.15, 0.2) is 0 Å². The van der Waals surface area contributed by atoms with Gasteiger partial charge in [-0.2, -0.15) is 0 Å². The molecule has 1 saturated carbocycles. The second-order valence-corrected chi connectivity index (χ2v) is 5.74. The normalized spacial score (nSPS) is 33.2. The summed E-state index contributed by atoms with van der Waals surface area (Å²) in [5.74, 6) is 0.